The first-order valence-corrected chi connectivity index (χ1v) is 12.2. The van der Waals surface area contributed by atoms with Gasteiger partial charge in [-0.05, 0) is 43.5 Å². The van der Waals surface area contributed by atoms with Gasteiger partial charge in [0.1, 0.15) is 11.7 Å². The minimum atomic E-state index is -1.68. The van der Waals surface area contributed by atoms with Crippen LogP contribution in [0.15, 0.2) is 42.5 Å². The van der Waals surface area contributed by atoms with Crippen molar-refractivity contribution in [2.75, 3.05) is 19.0 Å². The van der Waals surface area contributed by atoms with Gasteiger partial charge in [0.25, 0.3) is 5.91 Å². The van der Waals surface area contributed by atoms with Gasteiger partial charge in [-0.2, -0.15) is 0 Å². The van der Waals surface area contributed by atoms with Crippen LogP contribution in [0, 0.1) is 11.3 Å². The van der Waals surface area contributed by atoms with Gasteiger partial charge in [0.2, 0.25) is 5.60 Å². The molecule has 1 amide bonds. The molecule has 1 fully saturated rings. The van der Waals surface area contributed by atoms with Crippen LogP contribution in [-0.4, -0.2) is 46.6 Å². The summed E-state index contributed by atoms with van der Waals surface area (Å²) in [6.07, 6.45) is 3.96. The summed E-state index contributed by atoms with van der Waals surface area (Å²) < 4.78 is 12.9. The summed E-state index contributed by atoms with van der Waals surface area (Å²) in [7, 11) is 3.34. The van der Waals surface area contributed by atoms with Crippen LogP contribution < -0.4 is 11.1 Å². The maximum Gasteiger partial charge on any atom is 0.348 e. The van der Waals surface area contributed by atoms with E-state index in [0.29, 0.717) is 17.7 Å². The summed E-state index contributed by atoms with van der Waals surface area (Å²) in [4.78, 5) is 31.3. The molecule has 0 saturated heterocycles. The molecule has 1 heterocycles. The number of benzene rings is 2. The number of nitrogens with two attached hydrogens (primary N) is 1. The quantitative estimate of drug-likeness (QED) is 0.167. The highest BCUT2D eigenvalue weighted by molar-refractivity contribution is 6.12. The lowest BCUT2D eigenvalue weighted by Gasteiger charge is -2.33. The van der Waals surface area contributed by atoms with Gasteiger partial charge in [0.05, 0.1) is 17.6 Å². The molecule has 198 valence electrons. The number of methoxy groups -OCH3 is 1. The van der Waals surface area contributed by atoms with Crippen LogP contribution in [0.25, 0.3) is 11.0 Å². The van der Waals surface area contributed by atoms with Crippen LogP contribution in [0.5, 0.6) is 0 Å². The Morgan fingerprint density at radius 3 is 2.46 bits per heavy atom. The fourth-order valence-electron chi connectivity index (χ4n) is 5.05. The van der Waals surface area contributed by atoms with Gasteiger partial charge in [-0.3, -0.25) is 10.2 Å². The average molecular weight is 528 g/mol. The molecule has 3 aromatic rings. The number of aryl methyl sites for hydroxylation is 1. The molecule has 1 atom stereocenters. The Morgan fingerprint density at radius 1 is 1.19 bits per heavy atom. The van der Waals surface area contributed by atoms with Gasteiger partial charge in [-0.1, -0.05) is 37.1 Å². The predicted molar refractivity (Wildman–Crippen MR) is 145 cm³/mol. The fraction of sp³-hybridized carbons (Fsp3) is 0.407. The molecule has 1 unspecified atom stereocenters. The monoisotopic (exact) mass is 527 g/mol. The van der Waals surface area contributed by atoms with E-state index < -0.39 is 17.5 Å². The first kappa shape index (κ1) is 28.1. The van der Waals surface area contributed by atoms with E-state index in [4.69, 9.17) is 25.6 Å². The van der Waals surface area contributed by atoms with E-state index in [-0.39, 0.29) is 30.8 Å². The number of rotatable bonds is 9. The number of aromatic nitrogens is 2. The number of nitrogens with one attached hydrogen (secondary N) is 2. The van der Waals surface area contributed by atoms with Gasteiger partial charge < -0.3 is 25.1 Å². The third-order valence-electron chi connectivity index (χ3n) is 7.03. The highest BCUT2D eigenvalue weighted by atomic mass is 35.5. The number of ether oxygens (including phenoxy) is 2. The van der Waals surface area contributed by atoms with E-state index >= 15 is 0 Å². The molecule has 9 nitrogen and oxygen atoms in total. The van der Waals surface area contributed by atoms with Crippen molar-refractivity contribution in [1.29, 1.82) is 5.41 Å². The SMILES string of the molecule is CCOC(=O)C(OC)(C(=O)Nc1ccc2c(c1)nc(Cc1ccc(C(=N)N)cc1)n2C)C1CCCC1.Cl. The van der Waals surface area contributed by atoms with Crippen LogP contribution >= 0.6 is 12.4 Å². The molecule has 37 heavy (non-hydrogen) atoms. The first-order valence-electron chi connectivity index (χ1n) is 12.2. The van der Waals surface area contributed by atoms with E-state index in [2.05, 4.69) is 5.32 Å². The van der Waals surface area contributed by atoms with E-state index in [1.165, 1.54) is 7.11 Å². The number of carbonyl (C=O) groups is 2. The number of hydrogen-bond acceptors (Lipinski definition) is 6. The Morgan fingerprint density at radius 2 is 1.86 bits per heavy atom. The highest BCUT2D eigenvalue weighted by Gasteiger charge is 2.54. The lowest BCUT2D eigenvalue weighted by atomic mass is 9.84. The van der Waals surface area contributed by atoms with Crippen molar-refractivity contribution in [3.8, 4) is 0 Å². The number of hydrogen-bond donors (Lipinski definition) is 3. The molecule has 0 radical (unpaired) electrons. The Bertz CT molecular complexity index is 1280. The van der Waals surface area contributed by atoms with Crippen molar-refractivity contribution >= 4 is 46.8 Å². The number of nitrogen functional groups attached to an aromatic ring is 1. The number of amides is 1. The number of amidine groups is 1. The molecule has 2 aromatic carbocycles. The summed E-state index contributed by atoms with van der Waals surface area (Å²) in [5, 5.41) is 10.4. The Hall–Kier alpha value is -3.43. The molecule has 4 N–H and O–H groups in total. The van der Waals surface area contributed by atoms with Crippen molar-refractivity contribution < 1.29 is 19.1 Å². The lowest BCUT2D eigenvalue weighted by molar-refractivity contribution is -0.179. The molecule has 0 aliphatic heterocycles. The highest BCUT2D eigenvalue weighted by Crippen LogP contribution is 2.38. The van der Waals surface area contributed by atoms with Crippen LogP contribution in [-0.2, 0) is 32.5 Å². The van der Waals surface area contributed by atoms with E-state index in [1.807, 2.05) is 41.9 Å². The Balaban J connectivity index is 0.00000380. The predicted octanol–water partition coefficient (Wildman–Crippen LogP) is 3.95. The second-order valence-corrected chi connectivity index (χ2v) is 9.17. The van der Waals surface area contributed by atoms with E-state index in [1.54, 1.807) is 19.1 Å². The zero-order valence-electron chi connectivity index (χ0n) is 21.4. The summed E-state index contributed by atoms with van der Waals surface area (Å²) in [5.41, 5.74) is 7.77. The summed E-state index contributed by atoms with van der Waals surface area (Å²) in [6, 6.07) is 13.0. The number of imidazole rings is 1. The zero-order valence-corrected chi connectivity index (χ0v) is 22.2. The van der Waals surface area contributed by atoms with Crippen LogP contribution in [0.2, 0.25) is 0 Å². The number of esters is 1. The van der Waals surface area contributed by atoms with E-state index in [9.17, 15) is 9.59 Å². The number of fused-ring (bicyclic) bond motifs is 1. The number of anilines is 1. The maximum absolute atomic E-state index is 13.5. The van der Waals surface area contributed by atoms with E-state index in [0.717, 1.165) is 48.1 Å². The molecular formula is C27H34ClN5O4. The van der Waals surface area contributed by atoms with Gasteiger partial charge in [0.15, 0.2) is 0 Å². The van der Waals surface area contributed by atoms with Crippen molar-refractivity contribution in [1.82, 2.24) is 9.55 Å². The Kier molecular flexibility index (Phi) is 8.94. The number of nitrogens with zero attached hydrogens (tertiary/aromatic N) is 2. The number of halogens is 1. The number of carbonyl (C=O) groups excluding carboxylic acids is 2. The van der Waals surface area contributed by atoms with Gasteiger partial charge in [0, 0.05) is 37.7 Å². The second kappa shape index (κ2) is 11.7. The summed E-state index contributed by atoms with van der Waals surface area (Å²) in [6.45, 7) is 1.89. The largest absolute Gasteiger partial charge is 0.463 e. The Labute approximate surface area is 222 Å². The van der Waals surface area contributed by atoms with Crippen molar-refractivity contribution in [3.63, 3.8) is 0 Å². The van der Waals surface area contributed by atoms with Gasteiger partial charge in [-0.15, -0.1) is 12.4 Å². The standard InChI is InChI=1S/C27H33N5O4.ClH/c1-4-36-26(34)27(35-3,19-7-5-6-8-19)25(33)30-20-13-14-22-21(16-20)31-23(32(22)2)15-17-9-11-18(12-10-17)24(28)29;/h9-14,16,19H,4-8,15H2,1-3H3,(H3,28,29)(H,30,33);1H. The molecule has 1 saturated carbocycles. The third-order valence-corrected chi connectivity index (χ3v) is 7.03. The van der Waals surface area contributed by atoms with Crippen molar-refractivity contribution in [3.05, 3.63) is 59.4 Å². The zero-order chi connectivity index (χ0) is 25.9. The molecule has 0 bridgehead atoms. The molecular weight excluding hydrogens is 494 g/mol. The molecule has 4 rings (SSSR count). The fourth-order valence-corrected chi connectivity index (χ4v) is 5.05. The molecule has 0 spiro atoms. The molecule has 1 aromatic heterocycles. The molecule has 1 aliphatic carbocycles. The molecule has 10 heteroatoms. The normalized spacial score (nSPS) is 15.1. The minimum absolute atomic E-state index is 0. The van der Waals surface area contributed by atoms with Crippen LogP contribution in [0.3, 0.4) is 0 Å². The second-order valence-electron chi connectivity index (χ2n) is 9.17. The maximum atomic E-state index is 13.5. The third kappa shape index (κ3) is 5.47. The van der Waals surface area contributed by atoms with Crippen molar-refractivity contribution in [2.45, 2.75) is 44.6 Å². The smallest absolute Gasteiger partial charge is 0.348 e. The van der Waals surface area contributed by atoms with Gasteiger partial charge in [-0.25, -0.2) is 9.78 Å². The molecule has 1 aliphatic rings. The first-order chi connectivity index (χ1) is 17.3. The topological polar surface area (TPSA) is 132 Å². The summed E-state index contributed by atoms with van der Waals surface area (Å²) >= 11 is 0. The van der Waals surface area contributed by atoms with Crippen molar-refractivity contribution in [2.24, 2.45) is 18.7 Å². The van der Waals surface area contributed by atoms with Crippen LogP contribution in [0.1, 0.15) is 49.6 Å². The average Bonchev–Trinajstić information content (AvgIpc) is 3.49. The van der Waals surface area contributed by atoms with Gasteiger partial charge >= 0.3 is 5.97 Å². The van der Waals surface area contributed by atoms with Crippen LogP contribution in [0.4, 0.5) is 5.69 Å². The summed E-state index contributed by atoms with van der Waals surface area (Å²) in [5.74, 6) is -0.508. The minimum Gasteiger partial charge on any atom is -0.463 e. The lowest BCUT2D eigenvalue weighted by Crippen LogP contribution is -2.57.